The zero-order valence-corrected chi connectivity index (χ0v) is 19.1. The fourth-order valence-electron chi connectivity index (χ4n) is 3.93. The second-order valence-corrected chi connectivity index (χ2v) is 7.24. The van der Waals surface area contributed by atoms with Gasteiger partial charge in [-0.1, -0.05) is 18.2 Å². The van der Waals surface area contributed by atoms with Crippen molar-refractivity contribution in [3.63, 3.8) is 0 Å². The first-order valence-electron chi connectivity index (χ1n) is 10.2. The van der Waals surface area contributed by atoms with E-state index in [0.29, 0.717) is 24.5 Å². The molecule has 0 aliphatic carbocycles. The van der Waals surface area contributed by atoms with Crippen LogP contribution in [0.4, 0.5) is 5.69 Å². The molecule has 0 saturated heterocycles. The lowest BCUT2D eigenvalue weighted by Crippen LogP contribution is -2.39. The van der Waals surface area contributed by atoms with Crippen LogP contribution >= 0.6 is 0 Å². The van der Waals surface area contributed by atoms with Crippen LogP contribution in [-0.2, 0) is 19.1 Å². The average molecular weight is 447 g/mol. The molecule has 2 rings (SSSR count). The molecule has 1 aromatic carbocycles. The maximum Gasteiger partial charge on any atom is 0.336 e. The zero-order valence-electron chi connectivity index (χ0n) is 19.1. The SMILES string of the molecule is CNCCNCCN1C(C)=C(C(=O)OC)C(c2ccccc2[N+](=O)[O-])C(C(=O)OC)=C1C. The number of likely N-dealkylation sites (N-methyl/N-ethyl adjacent to an activating group) is 1. The molecule has 0 unspecified atom stereocenters. The van der Waals surface area contributed by atoms with Gasteiger partial charge in [-0.2, -0.15) is 0 Å². The monoisotopic (exact) mass is 446 g/mol. The minimum Gasteiger partial charge on any atom is -0.466 e. The number of methoxy groups -OCH3 is 2. The highest BCUT2D eigenvalue weighted by atomic mass is 16.6. The van der Waals surface area contributed by atoms with Crippen LogP contribution in [0.2, 0.25) is 0 Å². The summed E-state index contributed by atoms with van der Waals surface area (Å²) in [5.74, 6) is -2.31. The third-order valence-corrected chi connectivity index (χ3v) is 5.49. The van der Waals surface area contributed by atoms with Crippen LogP contribution in [0, 0.1) is 10.1 Å². The zero-order chi connectivity index (χ0) is 23.8. The first-order chi connectivity index (χ1) is 15.3. The van der Waals surface area contributed by atoms with E-state index in [9.17, 15) is 19.7 Å². The number of allylic oxidation sites excluding steroid dienone is 2. The number of nitrogens with zero attached hydrogens (tertiary/aromatic N) is 2. The highest BCUT2D eigenvalue weighted by Gasteiger charge is 2.42. The van der Waals surface area contributed by atoms with Crippen molar-refractivity contribution in [3.05, 3.63) is 62.5 Å². The van der Waals surface area contributed by atoms with Crippen LogP contribution in [0.5, 0.6) is 0 Å². The second kappa shape index (κ2) is 11.4. The summed E-state index contributed by atoms with van der Waals surface area (Å²) >= 11 is 0. The number of hydrogen-bond acceptors (Lipinski definition) is 9. The van der Waals surface area contributed by atoms with Crippen molar-refractivity contribution in [1.82, 2.24) is 15.5 Å². The summed E-state index contributed by atoms with van der Waals surface area (Å²) < 4.78 is 10.0. The van der Waals surface area contributed by atoms with Gasteiger partial charge in [-0.05, 0) is 20.9 Å². The van der Waals surface area contributed by atoms with E-state index in [0.717, 1.165) is 13.1 Å². The number of rotatable bonds is 10. The molecule has 2 N–H and O–H groups in total. The molecule has 0 amide bonds. The van der Waals surface area contributed by atoms with Crippen molar-refractivity contribution in [3.8, 4) is 0 Å². The summed E-state index contributed by atoms with van der Waals surface area (Å²) in [5, 5.41) is 18.1. The van der Waals surface area contributed by atoms with Gasteiger partial charge in [0.1, 0.15) is 0 Å². The van der Waals surface area contributed by atoms with Gasteiger partial charge >= 0.3 is 11.9 Å². The molecule has 1 aliphatic rings. The van der Waals surface area contributed by atoms with Crippen molar-refractivity contribution >= 4 is 17.6 Å². The van der Waals surface area contributed by atoms with Crippen LogP contribution in [0.15, 0.2) is 46.8 Å². The molecule has 0 atom stereocenters. The smallest absolute Gasteiger partial charge is 0.336 e. The lowest BCUT2D eigenvalue weighted by Gasteiger charge is -2.37. The highest BCUT2D eigenvalue weighted by Crippen LogP contribution is 2.45. The molecule has 32 heavy (non-hydrogen) atoms. The van der Waals surface area contributed by atoms with Crippen LogP contribution in [0.3, 0.4) is 0 Å². The minimum atomic E-state index is -0.995. The van der Waals surface area contributed by atoms with Gasteiger partial charge in [0.15, 0.2) is 0 Å². The van der Waals surface area contributed by atoms with Crippen LogP contribution in [0.25, 0.3) is 0 Å². The van der Waals surface area contributed by atoms with E-state index in [-0.39, 0.29) is 22.4 Å². The van der Waals surface area contributed by atoms with Gasteiger partial charge in [0.05, 0.1) is 36.2 Å². The Morgan fingerprint density at radius 2 is 1.59 bits per heavy atom. The molecule has 10 nitrogen and oxygen atoms in total. The molecule has 10 heteroatoms. The minimum absolute atomic E-state index is 0.169. The van der Waals surface area contributed by atoms with Gasteiger partial charge in [-0.15, -0.1) is 0 Å². The maximum atomic E-state index is 12.9. The number of esters is 2. The normalized spacial score (nSPS) is 14.6. The van der Waals surface area contributed by atoms with E-state index in [2.05, 4.69) is 10.6 Å². The lowest BCUT2D eigenvalue weighted by molar-refractivity contribution is -0.385. The number of ether oxygens (including phenoxy) is 2. The predicted molar refractivity (Wildman–Crippen MR) is 119 cm³/mol. The van der Waals surface area contributed by atoms with Crippen LogP contribution < -0.4 is 10.6 Å². The van der Waals surface area contributed by atoms with E-state index < -0.39 is 22.8 Å². The Morgan fingerprint density at radius 3 is 2.09 bits per heavy atom. The molecule has 0 spiro atoms. The van der Waals surface area contributed by atoms with Crippen LogP contribution in [-0.4, -0.2) is 69.2 Å². The number of nitro benzene ring substituents is 1. The third kappa shape index (κ3) is 5.14. The summed E-state index contributed by atoms with van der Waals surface area (Å²) in [5.41, 5.74) is 1.51. The van der Waals surface area contributed by atoms with Crippen molar-refractivity contribution < 1.29 is 24.0 Å². The number of hydrogen-bond donors (Lipinski definition) is 2. The molecule has 0 aromatic heterocycles. The van der Waals surface area contributed by atoms with Crippen molar-refractivity contribution in [2.45, 2.75) is 19.8 Å². The molecule has 1 heterocycles. The Kier molecular flexibility index (Phi) is 8.91. The second-order valence-electron chi connectivity index (χ2n) is 7.24. The topological polar surface area (TPSA) is 123 Å². The number of para-hydroxylation sites is 1. The Hall–Kier alpha value is -3.24. The fraction of sp³-hybridized carbons (Fsp3) is 0.455. The third-order valence-electron chi connectivity index (χ3n) is 5.49. The molecule has 0 saturated carbocycles. The number of nitro groups is 1. The standard InChI is InChI=1S/C22H30N4O6/c1-14-18(21(27)31-4)20(16-8-6-7-9-17(16)26(29)30)19(22(28)32-5)15(2)25(14)13-12-24-11-10-23-3/h6-9,20,23-24H,10-13H2,1-5H3. The molecule has 0 radical (unpaired) electrons. The van der Waals surface area contributed by atoms with E-state index >= 15 is 0 Å². The molecule has 1 aliphatic heterocycles. The Labute approximate surface area is 187 Å². The Balaban J connectivity index is 2.66. The molecular weight excluding hydrogens is 416 g/mol. The van der Waals surface area contributed by atoms with Gasteiger partial charge in [0.25, 0.3) is 5.69 Å². The van der Waals surface area contributed by atoms with E-state index in [1.54, 1.807) is 26.0 Å². The highest BCUT2D eigenvalue weighted by molar-refractivity contribution is 6.00. The number of benzene rings is 1. The largest absolute Gasteiger partial charge is 0.466 e. The molecule has 174 valence electrons. The molecule has 1 aromatic rings. The predicted octanol–water partition coefficient (Wildman–Crippen LogP) is 1.70. The van der Waals surface area contributed by atoms with Crippen molar-refractivity contribution in [1.29, 1.82) is 0 Å². The first kappa shape index (κ1) is 25.0. The summed E-state index contributed by atoms with van der Waals surface area (Å²) in [6, 6.07) is 6.07. The molecular formula is C22H30N4O6. The van der Waals surface area contributed by atoms with E-state index in [1.807, 2.05) is 11.9 Å². The first-order valence-corrected chi connectivity index (χ1v) is 10.2. The number of carbonyl (C=O) groups is 2. The van der Waals surface area contributed by atoms with Crippen molar-refractivity contribution in [2.24, 2.45) is 0 Å². The Bertz CT molecular complexity index is 900. The lowest BCUT2D eigenvalue weighted by atomic mass is 9.79. The fourth-order valence-corrected chi connectivity index (χ4v) is 3.93. The van der Waals surface area contributed by atoms with Crippen molar-refractivity contribution in [2.75, 3.05) is 47.4 Å². The average Bonchev–Trinajstić information content (AvgIpc) is 2.79. The maximum absolute atomic E-state index is 12.9. The van der Waals surface area contributed by atoms with Gasteiger partial charge in [-0.25, -0.2) is 9.59 Å². The van der Waals surface area contributed by atoms with Gasteiger partial charge < -0.3 is 25.0 Å². The van der Waals surface area contributed by atoms with Crippen LogP contribution in [0.1, 0.15) is 25.3 Å². The summed E-state index contributed by atoms with van der Waals surface area (Å²) in [6.07, 6.45) is 0. The number of nitrogens with one attached hydrogen (secondary N) is 2. The quantitative estimate of drug-likeness (QED) is 0.239. The van der Waals surface area contributed by atoms with E-state index in [4.69, 9.17) is 9.47 Å². The summed E-state index contributed by atoms with van der Waals surface area (Å²) in [4.78, 5) is 38.8. The van der Waals surface area contributed by atoms with Gasteiger partial charge in [0, 0.05) is 49.2 Å². The number of carbonyl (C=O) groups excluding carboxylic acids is 2. The van der Waals surface area contributed by atoms with E-state index in [1.165, 1.54) is 26.4 Å². The molecule has 0 bridgehead atoms. The molecule has 0 fully saturated rings. The van der Waals surface area contributed by atoms with Gasteiger partial charge in [0.2, 0.25) is 0 Å². The van der Waals surface area contributed by atoms with Gasteiger partial charge in [-0.3, -0.25) is 10.1 Å². The Morgan fingerprint density at radius 1 is 1.03 bits per heavy atom. The summed E-state index contributed by atoms with van der Waals surface area (Å²) in [7, 11) is 4.34. The summed E-state index contributed by atoms with van der Waals surface area (Å²) in [6.45, 7) is 6.12.